The predicted molar refractivity (Wildman–Crippen MR) is 82.9 cm³/mol. The second-order valence-electron chi connectivity index (χ2n) is 5.96. The first kappa shape index (κ1) is 14.1. The Morgan fingerprint density at radius 1 is 1.30 bits per heavy atom. The van der Waals surface area contributed by atoms with Crippen molar-refractivity contribution in [1.82, 2.24) is 9.97 Å². The number of nitrogens with one attached hydrogen (secondary N) is 1. The molecule has 1 amide bonds. The maximum absolute atomic E-state index is 12.7. The van der Waals surface area contributed by atoms with Gasteiger partial charge in [-0.2, -0.15) is 0 Å². The Bertz CT molecular complexity index is 896. The van der Waals surface area contributed by atoms with Crippen LogP contribution in [-0.2, 0) is 23.1 Å². The number of carboxylic acids is 1. The molecule has 2 N–H and O–H groups in total. The molecule has 6 nitrogen and oxygen atoms in total. The first-order valence-electron chi connectivity index (χ1n) is 7.12. The van der Waals surface area contributed by atoms with Crippen LogP contribution in [0.1, 0.15) is 32.9 Å². The smallest absolute Gasteiger partial charge is 0.335 e. The molecule has 0 radical (unpaired) electrons. The van der Waals surface area contributed by atoms with E-state index in [4.69, 9.17) is 16.7 Å². The van der Waals surface area contributed by atoms with Crippen LogP contribution in [0.15, 0.2) is 18.2 Å². The first-order valence-corrected chi connectivity index (χ1v) is 7.50. The molecule has 116 valence electrons. The number of carbonyl (C=O) groups excluding carboxylic acids is 1. The minimum atomic E-state index is -0.984. The molecule has 0 saturated heterocycles. The maximum Gasteiger partial charge on any atom is 0.335 e. The number of rotatable bonds is 1. The monoisotopic (exact) mass is 329 g/mol. The van der Waals surface area contributed by atoms with E-state index in [1.54, 1.807) is 25.1 Å². The molecule has 0 bridgehead atoms. The summed E-state index contributed by atoms with van der Waals surface area (Å²) in [5.41, 5.74) is 1.78. The topological polar surface area (TPSA) is 92.2 Å². The van der Waals surface area contributed by atoms with Crippen LogP contribution >= 0.6 is 11.6 Å². The van der Waals surface area contributed by atoms with E-state index in [9.17, 15) is 9.59 Å². The molecule has 1 aromatic carbocycles. The normalized spacial score (nSPS) is 21.2. The molecule has 0 unspecified atom stereocenters. The summed E-state index contributed by atoms with van der Waals surface area (Å²) in [4.78, 5) is 32.2. The van der Waals surface area contributed by atoms with E-state index in [0.717, 1.165) is 11.1 Å². The Balaban J connectivity index is 1.86. The minimum Gasteiger partial charge on any atom is -0.478 e. The molecule has 2 aliphatic rings. The maximum atomic E-state index is 12.7. The number of hydrogen-bond donors (Lipinski definition) is 2. The van der Waals surface area contributed by atoms with E-state index in [0.29, 0.717) is 30.0 Å². The molecular weight excluding hydrogens is 318 g/mol. The highest BCUT2D eigenvalue weighted by Gasteiger charge is 2.53. The summed E-state index contributed by atoms with van der Waals surface area (Å²) in [7, 11) is 0. The predicted octanol–water partition coefficient (Wildman–Crippen LogP) is 2.13. The third kappa shape index (κ3) is 1.88. The van der Waals surface area contributed by atoms with Crippen LogP contribution in [0.25, 0.3) is 0 Å². The quantitative estimate of drug-likeness (QED) is 0.782. The average Bonchev–Trinajstić information content (AvgIpc) is 2.96. The fourth-order valence-corrected chi connectivity index (χ4v) is 3.93. The standard InChI is InChI=1S/C16H12ClN3O3/c1-7-18-12(17)11-13(19-7)20-15(23)16(11)5-9-3-2-8(14(21)22)4-10(9)6-16/h2-4H,5-6H2,1H3,(H,21,22)(H,18,19,20,23)/t16-/m1/s1. The van der Waals surface area contributed by atoms with Crippen molar-refractivity contribution in [1.29, 1.82) is 0 Å². The number of benzene rings is 1. The van der Waals surface area contributed by atoms with Gasteiger partial charge in [-0.1, -0.05) is 17.7 Å². The van der Waals surface area contributed by atoms with E-state index in [2.05, 4.69) is 15.3 Å². The van der Waals surface area contributed by atoms with Crippen molar-refractivity contribution in [3.05, 3.63) is 51.4 Å². The van der Waals surface area contributed by atoms with Crippen molar-refractivity contribution in [2.45, 2.75) is 25.2 Å². The van der Waals surface area contributed by atoms with Gasteiger partial charge in [0.05, 0.1) is 11.0 Å². The lowest BCUT2D eigenvalue weighted by molar-refractivity contribution is -0.120. The van der Waals surface area contributed by atoms with E-state index >= 15 is 0 Å². The number of aryl methyl sites for hydroxylation is 1. The number of anilines is 1. The molecule has 2 aromatic rings. The average molecular weight is 330 g/mol. The third-order valence-corrected chi connectivity index (χ3v) is 4.83. The van der Waals surface area contributed by atoms with E-state index in [1.807, 2.05) is 0 Å². The van der Waals surface area contributed by atoms with Gasteiger partial charge >= 0.3 is 5.97 Å². The summed E-state index contributed by atoms with van der Waals surface area (Å²) in [5, 5.41) is 12.2. The van der Waals surface area contributed by atoms with Gasteiger partial charge in [0.2, 0.25) is 5.91 Å². The molecule has 1 atom stereocenters. The lowest BCUT2D eigenvalue weighted by Gasteiger charge is -2.20. The number of fused-ring (bicyclic) bond motifs is 3. The zero-order valence-corrected chi connectivity index (χ0v) is 12.9. The Hall–Kier alpha value is -2.47. The SMILES string of the molecule is Cc1nc(Cl)c2c(n1)NC(=O)[C@@]21Cc2ccc(C(=O)O)cc2C1. The van der Waals surface area contributed by atoms with E-state index in [1.165, 1.54) is 0 Å². The van der Waals surface area contributed by atoms with Gasteiger partial charge in [-0.15, -0.1) is 0 Å². The molecule has 23 heavy (non-hydrogen) atoms. The van der Waals surface area contributed by atoms with E-state index < -0.39 is 11.4 Å². The zero-order valence-electron chi connectivity index (χ0n) is 12.2. The first-order chi connectivity index (χ1) is 10.9. The number of amides is 1. The van der Waals surface area contributed by atoms with Gasteiger partial charge in [0.25, 0.3) is 0 Å². The van der Waals surface area contributed by atoms with Gasteiger partial charge in [-0.25, -0.2) is 14.8 Å². The van der Waals surface area contributed by atoms with Crippen molar-refractivity contribution < 1.29 is 14.7 Å². The molecular formula is C16H12ClN3O3. The number of aromatic nitrogens is 2. The fraction of sp³-hybridized carbons (Fsp3) is 0.250. The summed E-state index contributed by atoms with van der Waals surface area (Å²) in [6.07, 6.45) is 0.863. The lowest BCUT2D eigenvalue weighted by atomic mass is 9.80. The summed E-state index contributed by atoms with van der Waals surface area (Å²) in [6.45, 7) is 1.71. The van der Waals surface area contributed by atoms with Gasteiger partial charge in [-0.05, 0) is 43.0 Å². The molecule has 1 spiro atoms. The van der Waals surface area contributed by atoms with Crippen LogP contribution in [0.4, 0.5) is 5.82 Å². The second-order valence-corrected chi connectivity index (χ2v) is 6.32. The lowest BCUT2D eigenvalue weighted by Crippen LogP contribution is -2.35. The van der Waals surface area contributed by atoms with Gasteiger partial charge in [0.1, 0.15) is 16.8 Å². The van der Waals surface area contributed by atoms with Crippen molar-refractivity contribution >= 4 is 29.3 Å². The third-order valence-electron chi connectivity index (χ3n) is 4.56. The van der Waals surface area contributed by atoms with Gasteiger partial charge in [-0.3, -0.25) is 4.79 Å². The second kappa shape index (κ2) is 4.52. The number of hydrogen-bond acceptors (Lipinski definition) is 4. The molecule has 1 aromatic heterocycles. The van der Waals surface area contributed by atoms with Gasteiger partial charge < -0.3 is 10.4 Å². The van der Waals surface area contributed by atoms with Crippen LogP contribution in [0.2, 0.25) is 5.15 Å². The van der Waals surface area contributed by atoms with E-state index in [-0.39, 0.29) is 16.6 Å². The highest BCUT2D eigenvalue weighted by atomic mass is 35.5. The number of nitrogens with zero attached hydrogens (tertiary/aromatic N) is 2. The van der Waals surface area contributed by atoms with Crippen molar-refractivity contribution in [3.8, 4) is 0 Å². The van der Waals surface area contributed by atoms with Crippen LogP contribution in [0, 0.1) is 6.92 Å². The highest BCUT2D eigenvalue weighted by molar-refractivity contribution is 6.31. The number of carbonyl (C=O) groups is 2. The molecule has 2 heterocycles. The summed E-state index contributed by atoms with van der Waals surface area (Å²) in [6, 6.07) is 4.95. The zero-order chi connectivity index (χ0) is 16.4. The Labute approximate surface area is 136 Å². The largest absolute Gasteiger partial charge is 0.478 e. The molecule has 0 saturated carbocycles. The highest BCUT2D eigenvalue weighted by Crippen LogP contribution is 2.49. The molecule has 7 heteroatoms. The fourth-order valence-electron chi connectivity index (χ4n) is 3.54. The van der Waals surface area contributed by atoms with Gasteiger partial charge in [0, 0.05) is 5.56 Å². The molecule has 1 aliphatic carbocycles. The Morgan fingerprint density at radius 2 is 2.04 bits per heavy atom. The Morgan fingerprint density at radius 3 is 2.78 bits per heavy atom. The van der Waals surface area contributed by atoms with Gasteiger partial charge in [0.15, 0.2) is 0 Å². The molecule has 0 fully saturated rings. The summed E-state index contributed by atoms with van der Waals surface area (Å²) < 4.78 is 0. The van der Waals surface area contributed by atoms with Crippen LogP contribution in [0.5, 0.6) is 0 Å². The summed E-state index contributed by atoms with van der Waals surface area (Å²) in [5.74, 6) is -0.196. The molecule has 4 rings (SSSR count). The Kier molecular flexibility index (Phi) is 2.78. The van der Waals surface area contributed by atoms with Crippen LogP contribution in [0.3, 0.4) is 0 Å². The number of carboxylic acid groups (broad SMARTS) is 1. The summed E-state index contributed by atoms with van der Waals surface area (Å²) >= 11 is 6.30. The minimum absolute atomic E-state index is 0.164. The van der Waals surface area contributed by atoms with Crippen LogP contribution < -0.4 is 5.32 Å². The van der Waals surface area contributed by atoms with Crippen molar-refractivity contribution in [3.63, 3.8) is 0 Å². The van der Waals surface area contributed by atoms with Crippen molar-refractivity contribution in [2.24, 2.45) is 0 Å². The molecule has 1 aliphatic heterocycles. The number of halogens is 1. The van der Waals surface area contributed by atoms with Crippen LogP contribution in [-0.4, -0.2) is 27.0 Å². The number of aromatic carboxylic acids is 1. The van der Waals surface area contributed by atoms with Crippen molar-refractivity contribution in [2.75, 3.05) is 5.32 Å².